The van der Waals surface area contributed by atoms with Gasteiger partial charge in [-0.3, -0.25) is 0 Å². The van der Waals surface area contributed by atoms with E-state index in [9.17, 15) is 19.2 Å². The van der Waals surface area contributed by atoms with Gasteiger partial charge in [0, 0.05) is 0 Å². The zero-order valence-corrected chi connectivity index (χ0v) is 33.8. The van der Waals surface area contributed by atoms with Crippen molar-refractivity contribution in [2.45, 2.75) is 90.9 Å². The number of hydrogen-bond acceptors (Lipinski definition) is 6. The van der Waals surface area contributed by atoms with Gasteiger partial charge in [-0.2, -0.15) is 0 Å². The molecular weight excluding hydrogens is 729 g/mol. The molecule has 6 aromatic carbocycles. The Labute approximate surface area is 341 Å². The van der Waals surface area contributed by atoms with E-state index < -0.39 is 23.9 Å². The molecule has 0 bridgehead atoms. The topological polar surface area (TPSA) is 127 Å². The number of carboxylic acid groups (broad SMARTS) is 2. The molecule has 2 N–H and O–H groups in total. The number of benzene rings is 6. The second-order valence-electron chi connectivity index (χ2n) is 14.2. The summed E-state index contributed by atoms with van der Waals surface area (Å²) in [7, 11) is 0. The van der Waals surface area contributed by atoms with Crippen molar-refractivity contribution < 1.29 is 38.9 Å². The van der Waals surface area contributed by atoms with Crippen molar-refractivity contribution in [3.8, 4) is 0 Å². The van der Waals surface area contributed by atoms with Gasteiger partial charge < -0.3 is 19.7 Å². The molecule has 0 saturated carbocycles. The summed E-state index contributed by atoms with van der Waals surface area (Å²) in [5, 5.41) is 24.4. The maximum Gasteiger partial charge on any atom is 0.339 e. The molecule has 0 atom stereocenters. The van der Waals surface area contributed by atoms with Crippen LogP contribution in [0.2, 0.25) is 0 Å². The van der Waals surface area contributed by atoms with Crippen LogP contribution in [0, 0.1) is 0 Å². The molecule has 0 heterocycles. The maximum atomic E-state index is 12.4. The summed E-state index contributed by atoms with van der Waals surface area (Å²) in [6.45, 7) is 5.17. The summed E-state index contributed by atoms with van der Waals surface area (Å²) in [5.41, 5.74) is 0.236. The van der Waals surface area contributed by atoms with E-state index >= 15 is 0 Å². The van der Waals surface area contributed by atoms with Gasteiger partial charge in [-0.15, -0.1) is 0 Å². The van der Waals surface area contributed by atoms with Crippen LogP contribution in [-0.2, 0) is 9.47 Å². The summed E-state index contributed by atoms with van der Waals surface area (Å²) in [4.78, 5) is 46.7. The number of fused-ring (bicyclic) bond motifs is 3. The van der Waals surface area contributed by atoms with Crippen molar-refractivity contribution in [3.63, 3.8) is 0 Å². The molecule has 0 spiro atoms. The Bertz CT molecular complexity index is 2090. The molecule has 0 aliphatic rings. The van der Waals surface area contributed by atoms with Crippen LogP contribution in [0.4, 0.5) is 0 Å². The van der Waals surface area contributed by atoms with Crippen molar-refractivity contribution in [1.29, 1.82) is 0 Å². The van der Waals surface area contributed by atoms with E-state index in [4.69, 9.17) is 19.7 Å². The molecule has 8 heteroatoms. The lowest BCUT2D eigenvalue weighted by atomic mass is 9.99. The maximum absolute atomic E-state index is 12.4. The Kier molecular flexibility index (Phi) is 18.9. The van der Waals surface area contributed by atoms with Crippen LogP contribution in [0.3, 0.4) is 0 Å². The molecule has 0 aliphatic heterocycles. The molecular formula is C50H56O8. The summed E-state index contributed by atoms with van der Waals surface area (Å²) in [6.07, 6.45) is 13.6. The number of esters is 2. The third kappa shape index (κ3) is 13.9. The Morgan fingerprint density at radius 3 is 1.21 bits per heavy atom. The molecule has 8 nitrogen and oxygen atoms in total. The molecule has 0 amide bonds. The third-order valence-electron chi connectivity index (χ3n) is 9.82. The fourth-order valence-electron chi connectivity index (χ4n) is 6.65. The largest absolute Gasteiger partial charge is 0.478 e. The lowest BCUT2D eigenvalue weighted by molar-refractivity contribution is 0.0450. The SMILES string of the molecule is CCCCCCCCOC(=O)c1ccccc1C(=O)OCCCCCCCC.O=C(O)c1ccc2ccccc2c1C(=O)O.c1ccc2cc3ccccc3cc2c1. The van der Waals surface area contributed by atoms with Crippen molar-refractivity contribution in [2.75, 3.05) is 13.2 Å². The highest BCUT2D eigenvalue weighted by atomic mass is 16.5. The van der Waals surface area contributed by atoms with Crippen LogP contribution < -0.4 is 0 Å². The molecule has 0 aliphatic carbocycles. The number of carbonyl (C=O) groups excluding carboxylic acids is 2. The monoisotopic (exact) mass is 784 g/mol. The molecule has 0 unspecified atom stereocenters. The second kappa shape index (κ2) is 24.6. The molecule has 0 saturated heterocycles. The summed E-state index contributed by atoms with van der Waals surface area (Å²) >= 11 is 0. The first-order valence-electron chi connectivity index (χ1n) is 20.5. The van der Waals surface area contributed by atoms with Gasteiger partial charge in [-0.05, 0) is 75.5 Å². The van der Waals surface area contributed by atoms with Crippen LogP contribution in [0.25, 0.3) is 32.3 Å². The number of ether oxygens (including phenoxy) is 2. The highest BCUT2D eigenvalue weighted by Gasteiger charge is 2.20. The van der Waals surface area contributed by atoms with Crippen molar-refractivity contribution in [3.05, 3.63) is 144 Å². The van der Waals surface area contributed by atoms with Gasteiger partial charge in [-0.25, -0.2) is 19.2 Å². The van der Waals surface area contributed by atoms with E-state index in [2.05, 4.69) is 74.5 Å². The fourth-order valence-corrected chi connectivity index (χ4v) is 6.65. The molecule has 6 aromatic rings. The predicted octanol–water partition coefficient (Wildman–Crippen LogP) is 13.0. The highest BCUT2D eigenvalue weighted by molar-refractivity contribution is 6.11. The zero-order valence-electron chi connectivity index (χ0n) is 33.8. The Balaban J connectivity index is 0.000000208. The van der Waals surface area contributed by atoms with Crippen molar-refractivity contribution >= 4 is 56.2 Å². The van der Waals surface area contributed by atoms with Crippen molar-refractivity contribution in [1.82, 2.24) is 0 Å². The van der Waals surface area contributed by atoms with Gasteiger partial charge in [0.05, 0.1) is 35.5 Å². The van der Waals surface area contributed by atoms with Gasteiger partial charge in [0.1, 0.15) is 0 Å². The van der Waals surface area contributed by atoms with Crippen LogP contribution in [0.15, 0.2) is 121 Å². The van der Waals surface area contributed by atoms with Crippen molar-refractivity contribution in [2.24, 2.45) is 0 Å². The van der Waals surface area contributed by atoms with E-state index in [1.807, 2.05) is 0 Å². The normalized spacial score (nSPS) is 10.6. The van der Waals surface area contributed by atoms with E-state index in [1.54, 1.807) is 54.6 Å². The Morgan fingerprint density at radius 1 is 0.414 bits per heavy atom. The summed E-state index contributed by atoms with van der Waals surface area (Å²) < 4.78 is 10.7. The quantitative estimate of drug-likeness (QED) is 0.0501. The van der Waals surface area contributed by atoms with E-state index in [-0.39, 0.29) is 11.1 Å². The summed E-state index contributed by atoms with van der Waals surface area (Å²) in [6, 6.07) is 37.9. The minimum Gasteiger partial charge on any atom is -0.478 e. The first kappa shape index (κ1) is 44.7. The van der Waals surface area contributed by atoms with Gasteiger partial charge in [-0.1, -0.05) is 169 Å². The minimum absolute atomic E-state index is 0.161. The van der Waals surface area contributed by atoms with E-state index in [0.29, 0.717) is 35.1 Å². The van der Waals surface area contributed by atoms with Crippen LogP contribution in [-0.4, -0.2) is 47.3 Å². The molecule has 0 radical (unpaired) electrons. The Hall–Kier alpha value is -6.02. The first-order valence-corrected chi connectivity index (χ1v) is 20.5. The molecule has 304 valence electrons. The number of rotatable bonds is 18. The van der Waals surface area contributed by atoms with E-state index in [0.717, 1.165) is 25.7 Å². The molecule has 6 rings (SSSR count). The average molecular weight is 785 g/mol. The fraction of sp³-hybridized carbons (Fsp3) is 0.320. The first-order chi connectivity index (χ1) is 28.2. The van der Waals surface area contributed by atoms with Crippen LogP contribution in [0.1, 0.15) is 132 Å². The lowest BCUT2D eigenvalue weighted by Crippen LogP contribution is -2.15. The molecule has 58 heavy (non-hydrogen) atoms. The smallest absolute Gasteiger partial charge is 0.339 e. The highest BCUT2D eigenvalue weighted by Crippen LogP contribution is 2.24. The van der Waals surface area contributed by atoms with Gasteiger partial charge in [0.25, 0.3) is 0 Å². The number of carboxylic acids is 2. The number of carbonyl (C=O) groups is 4. The molecule has 0 aromatic heterocycles. The standard InChI is InChI=1S/C24H38O4.C14H10.C12H8O4/c1-3-5-7-9-11-15-19-27-23(25)21-17-13-14-18-22(21)24(26)28-20-16-12-10-8-6-4-2;1-2-6-12-10-14-8-4-3-7-13(14)9-11(12)5-1;13-11(14)9-6-5-7-3-1-2-4-8(7)10(9)12(15)16/h13-14,17-18H,3-12,15-16,19-20H2,1-2H3;1-10H;1-6H,(H,13,14)(H,15,16). The van der Waals surface area contributed by atoms with Gasteiger partial charge in [0.15, 0.2) is 0 Å². The van der Waals surface area contributed by atoms with E-state index in [1.165, 1.54) is 79.0 Å². The minimum atomic E-state index is -1.23. The second-order valence-corrected chi connectivity index (χ2v) is 14.2. The van der Waals surface area contributed by atoms with Crippen LogP contribution >= 0.6 is 0 Å². The van der Waals surface area contributed by atoms with Crippen LogP contribution in [0.5, 0.6) is 0 Å². The molecule has 0 fully saturated rings. The lowest BCUT2D eigenvalue weighted by Gasteiger charge is -2.10. The predicted molar refractivity (Wildman–Crippen MR) is 233 cm³/mol. The number of hydrogen-bond donors (Lipinski definition) is 2. The van der Waals surface area contributed by atoms with Gasteiger partial charge >= 0.3 is 23.9 Å². The summed E-state index contributed by atoms with van der Waals surface area (Å²) in [5.74, 6) is -3.35. The number of unbranched alkanes of at least 4 members (excludes halogenated alkanes) is 10. The zero-order chi connectivity index (χ0) is 41.5. The number of aromatic carboxylic acids is 2. The van der Waals surface area contributed by atoms with Gasteiger partial charge in [0.2, 0.25) is 0 Å². The average Bonchev–Trinajstić information content (AvgIpc) is 3.24. The third-order valence-corrected chi connectivity index (χ3v) is 9.82. The Morgan fingerprint density at radius 2 is 0.793 bits per heavy atom.